The van der Waals surface area contributed by atoms with Crippen molar-refractivity contribution in [3.8, 4) is 0 Å². The van der Waals surface area contributed by atoms with E-state index in [1.165, 1.54) is 0 Å². The summed E-state index contributed by atoms with van der Waals surface area (Å²) in [5, 5.41) is 6.89. The van der Waals surface area contributed by atoms with Crippen LogP contribution in [0, 0.1) is 0 Å². The van der Waals surface area contributed by atoms with Crippen molar-refractivity contribution in [2.75, 3.05) is 25.1 Å². The molecular weight excluding hydrogens is 360 g/mol. The Kier molecular flexibility index (Phi) is 8.83. The van der Waals surface area contributed by atoms with Gasteiger partial charge in [-0.1, -0.05) is 13.3 Å². The topological polar surface area (TPSA) is 99.7 Å². The van der Waals surface area contributed by atoms with Crippen LogP contribution in [0.4, 0.5) is 0 Å². The number of aliphatic imine (C=N–C) groups is 1. The molecule has 0 heterocycles. The van der Waals surface area contributed by atoms with Gasteiger partial charge in [-0.15, -0.1) is 0 Å². The first kappa shape index (κ1) is 22.4. The Morgan fingerprint density at radius 2 is 1.96 bits per heavy atom. The van der Waals surface area contributed by atoms with E-state index in [0.29, 0.717) is 18.3 Å². The Morgan fingerprint density at radius 3 is 2.52 bits per heavy atom. The van der Waals surface area contributed by atoms with Gasteiger partial charge >= 0.3 is 0 Å². The molecule has 1 saturated carbocycles. The number of rotatable bonds is 8. The highest BCUT2D eigenvalue weighted by molar-refractivity contribution is 7.88. The van der Waals surface area contributed by atoms with E-state index in [1.807, 2.05) is 27.7 Å². The molecule has 3 unspecified atom stereocenters. The van der Waals surface area contributed by atoms with Crippen LogP contribution < -0.4 is 15.4 Å². The molecule has 148 valence electrons. The van der Waals surface area contributed by atoms with Crippen molar-refractivity contribution < 1.29 is 12.6 Å². The molecule has 9 heteroatoms. The number of nitrogens with one attached hydrogen (secondary N) is 3. The third kappa shape index (κ3) is 9.01. The molecule has 1 fully saturated rings. The van der Waals surface area contributed by atoms with Gasteiger partial charge in [0, 0.05) is 39.9 Å². The molecule has 0 aromatic heterocycles. The van der Waals surface area contributed by atoms with E-state index in [4.69, 9.17) is 0 Å². The third-order valence-electron chi connectivity index (χ3n) is 4.06. The van der Waals surface area contributed by atoms with Crippen LogP contribution in [0.5, 0.6) is 0 Å². The minimum absolute atomic E-state index is 0.248. The third-order valence-corrected chi connectivity index (χ3v) is 6.73. The molecule has 1 aliphatic rings. The second-order valence-corrected chi connectivity index (χ2v) is 11.0. The van der Waals surface area contributed by atoms with Gasteiger partial charge in [-0.05, 0) is 40.0 Å². The van der Waals surface area contributed by atoms with Crippen molar-refractivity contribution in [1.29, 1.82) is 0 Å². The van der Waals surface area contributed by atoms with Gasteiger partial charge in [-0.2, -0.15) is 0 Å². The predicted octanol–water partition coefficient (Wildman–Crippen LogP) is 0.949. The minimum atomic E-state index is -3.28. The first-order valence-corrected chi connectivity index (χ1v) is 12.2. The number of hydrogen-bond donors (Lipinski definition) is 3. The van der Waals surface area contributed by atoms with E-state index >= 15 is 0 Å². The van der Waals surface area contributed by atoms with E-state index in [-0.39, 0.29) is 11.3 Å². The van der Waals surface area contributed by atoms with Gasteiger partial charge in [0.15, 0.2) is 5.96 Å². The Morgan fingerprint density at radius 1 is 1.28 bits per heavy atom. The van der Waals surface area contributed by atoms with Gasteiger partial charge in [0.1, 0.15) is 0 Å². The highest BCUT2D eigenvalue weighted by Crippen LogP contribution is 2.23. The molecule has 0 aromatic carbocycles. The highest BCUT2D eigenvalue weighted by Gasteiger charge is 2.26. The Hall–Kier alpha value is -0.670. The molecule has 3 N–H and O–H groups in total. The molecule has 1 rings (SSSR count). The fourth-order valence-electron chi connectivity index (χ4n) is 3.07. The van der Waals surface area contributed by atoms with Crippen LogP contribution in [0.2, 0.25) is 0 Å². The summed E-state index contributed by atoms with van der Waals surface area (Å²) in [6.45, 7) is 8.63. The zero-order valence-electron chi connectivity index (χ0n) is 16.1. The lowest BCUT2D eigenvalue weighted by atomic mass is 9.95. The summed E-state index contributed by atoms with van der Waals surface area (Å²) in [5.74, 6) is 1.38. The Balaban J connectivity index is 2.71. The Bertz CT molecular complexity index is 576. The second kappa shape index (κ2) is 9.87. The van der Waals surface area contributed by atoms with Gasteiger partial charge in [0.2, 0.25) is 10.0 Å². The van der Waals surface area contributed by atoms with Crippen LogP contribution in [-0.2, 0) is 20.8 Å². The van der Waals surface area contributed by atoms with Crippen molar-refractivity contribution in [1.82, 2.24) is 15.4 Å². The van der Waals surface area contributed by atoms with E-state index in [1.54, 1.807) is 0 Å². The molecule has 0 amide bonds. The maximum Gasteiger partial charge on any atom is 0.209 e. The van der Waals surface area contributed by atoms with E-state index < -0.39 is 26.4 Å². The van der Waals surface area contributed by atoms with Crippen LogP contribution in [-0.4, -0.2) is 60.5 Å². The molecule has 25 heavy (non-hydrogen) atoms. The predicted molar refractivity (Wildman–Crippen MR) is 106 cm³/mol. The molecule has 0 radical (unpaired) electrons. The lowest BCUT2D eigenvalue weighted by Crippen LogP contribution is -2.49. The normalized spacial score (nSPS) is 24.0. The van der Waals surface area contributed by atoms with Crippen molar-refractivity contribution in [3.63, 3.8) is 0 Å². The van der Waals surface area contributed by atoms with Gasteiger partial charge < -0.3 is 10.6 Å². The lowest BCUT2D eigenvalue weighted by Gasteiger charge is -2.30. The van der Waals surface area contributed by atoms with Gasteiger partial charge in [-0.25, -0.2) is 13.1 Å². The number of hydrogen-bond acceptors (Lipinski definition) is 4. The van der Waals surface area contributed by atoms with Crippen LogP contribution in [0.1, 0.15) is 53.4 Å². The molecule has 7 nitrogen and oxygen atoms in total. The minimum Gasteiger partial charge on any atom is -0.357 e. The molecule has 0 aromatic rings. The second-order valence-electron chi connectivity index (χ2n) is 7.25. The number of guanidine groups is 1. The molecule has 0 bridgehead atoms. The lowest BCUT2D eigenvalue weighted by molar-refractivity contribution is 0.411. The first-order valence-electron chi connectivity index (χ1n) is 8.97. The van der Waals surface area contributed by atoms with Gasteiger partial charge in [0.25, 0.3) is 0 Å². The molecule has 3 atom stereocenters. The number of sulfonamides is 1. The summed E-state index contributed by atoms with van der Waals surface area (Å²) in [6.07, 6.45) is 5.16. The summed E-state index contributed by atoms with van der Waals surface area (Å²) in [6, 6.07) is 0.248. The van der Waals surface area contributed by atoms with E-state index in [2.05, 4.69) is 20.3 Å². The molecule has 0 spiro atoms. The number of nitrogens with zero attached hydrogens (tertiary/aromatic N) is 1. The van der Waals surface area contributed by atoms with Crippen LogP contribution >= 0.6 is 0 Å². The van der Waals surface area contributed by atoms with Gasteiger partial charge in [-0.3, -0.25) is 9.20 Å². The quantitative estimate of drug-likeness (QED) is 0.420. The largest absolute Gasteiger partial charge is 0.357 e. The summed E-state index contributed by atoms with van der Waals surface area (Å²) < 4.78 is 37.6. The van der Waals surface area contributed by atoms with Crippen LogP contribution in [0.25, 0.3) is 0 Å². The zero-order chi connectivity index (χ0) is 19.1. The van der Waals surface area contributed by atoms with Crippen LogP contribution in [0.3, 0.4) is 0 Å². The summed E-state index contributed by atoms with van der Waals surface area (Å²) in [7, 11) is -4.04. The fraction of sp³-hybridized carbons (Fsp3) is 0.938. The smallest absolute Gasteiger partial charge is 0.209 e. The van der Waals surface area contributed by atoms with Crippen molar-refractivity contribution in [2.24, 2.45) is 4.99 Å². The van der Waals surface area contributed by atoms with Crippen molar-refractivity contribution >= 4 is 26.8 Å². The zero-order valence-corrected chi connectivity index (χ0v) is 17.7. The average Bonchev–Trinajstić information content (AvgIpc) is 2.50. The standard InChI is InChI=1S/C16H34N4O3S2/c1-6-17-15(18-12-16(3,4)20-25(5,22)23)19-13-9-8-10-14(11-13)24(21)7-2/h13-14,20H,6-12H2,1-5H3,(H2,17,18,19). The highest BCUT2D eigenvalue weighted by atomic mass is 32.2. The van der Waals surface area contributed by atoms with Crippen LogP contribution in [0.15, 0.2) is 4.99 Å². The maximum absolute atomic E-state index is 12.1. The molecule has 0 aliphatic heterocycles. The van der Waals surface area contributed by atoms with E-state index in [9.17, 15) is 12.6 Å². The summed E-state index contributed by atoms with van der Waals surface area (Å²) in [4.78, 5) is 4.55. The maximum atomic E-state index is 12.1. The van der Waals surface area contributed by atoms with Crippen molar-refractivity contribution in [3.05, 3.63) is 0 Å². The van der Waals surface area contributed by atoms with Gasteiger partial charge in [0.05, 0.1) is 12.8 Å². The Labute approximate surface area is 155 Å². The first-order chi connectivity index (χ1) is 11.6. The molecule has 0 saturated heterocycles. The monoisotopic (exact) mass is 394 g/mol. The SMILES string of the molecule is CCNC(=NCC(C)(C)NS(C)(=O)=O)NC1CCCC(S(=O)CC)C1. The molecule has 1 aliphatic carbocycles. The average molecular weight is 395 g/mol. The van der Waals surface area contributed by atoms with E-state index in [0.717, 1.165) is 38.5 Å². The summed E-state index contributed by atoms with van der Waals surface area (Å²) in [5.41, 5.74) is -0.658. The van der Waals surface area contributed by atoms with Crippen molar-refractivity contribution in [2.45, 2.75) is 70.2 Å². The summed E-state index contributed by atoms with van der Waals surface area (Å²) >= 11 is 0. The fourth-order valence-corrected chi connectivity index (χ4v) is 5.49. The molecular formula is C16H34N4O3S2.